The van der Waals surface area contributed by atoms with Crippen LogP contribution in [0.15, 0.2) is 4.99 Å². The molecule has 1 aromatic heterocycles. The zero-order valence-electron chi connectivity index (χ0n) is 14.4. The van der Waals surface area contributed by atoms with Crippen LogP contribution in [-0.4, -0.2) is 48.6 Å². The Bertz CT molecular complexity index is 532. The van der Waals surface area contributed by atoms with Crippen LogP contribution >= 0.6 is 23.1 Å². The number of aryl methyl sites for hydroxylation is 1. The lowest BCUT2D eigenvalue weighted by atomic mass is 10.3. The summed E-state index contributed by atoms with van der Waals surface area (Å²) in [5.41, 5.74) is 0.710. The molecule has 0 saturated heterocycles. The average Bonchev–Trinajstić information content (AvgIpc) is 2.90. The second-order valence-electron chi connectivity index (χ2n) is 4.81. The van der Waals surface area contributed by atoms with E-state index in [2.05, 4.69) is 26.9 Å². The Kier molecular flexibility index (Phi) is 9.01. The largest absolute Gasteiger partial charge is 0.462 e. The molecule has 0 saturated carbocycles. The molecule has 8 heteroatoms. The van der Waals surface area contributed by atoms with E-state index in [0.717, 1.165) is 29.8 Å². The van der Waals surface area contributed by atoms with E-state index in [-0.39, 0.29) is 12.0 Å². The summed E-state index contributed by atoms with van der Waals surface area (Å²) in [4.78, 5) is 21.5. The maximum absolute atomic E-state index is 11.9. The van der Waals surface area contributed by atoms with E-state index in [1.54, 1.807) is 18.7 Å². The zero-order chi connectivity index (χ0) is 17.2. The van der Waals surface area contributed by atoms with Gasteiger partial charge in [0.05, 0.1) is 24.9 Å². The highest BCUT2D eigenvalue weighted by Gasteiger charge is 2.19. The Hall–Kier alpha value is -1.28. The highest BCUT2D eigenvalue weighted by Crippen LogP contribution is 2.24. The molecule has 1 aromatic rings. The van der Waals surface area contributed by atoms with E-state index in [0.29, 0.717) is 17.2 Å². The van der Waals surface area contributed by atoms with Crippen molar-refractivity contribution in [2.24, 2.45) is 4.99 Å². The van der Waals surface area contributed by atoms with Crippen LogP contribution in [0.1, 0.15) is 47.2 Å². The van der Waals surface area contributed by atoms with E-state index in [1.165, 1.54) is 11.3 Å². The first-order chi connectivity index (χ1) is 11.0. The van der Waals surface area contributed by atoms with Gasteiger partial charge >= 0.3 is 5.97 Å². The van der Waals surface area contributed by atoms with Gasteiger partial charge < -0.3 is 15.4 Å². The lowest BCUT2D eigenvalue weighted by Gasteiger charge is -2.15. The third-order valence-corrected chi connectivity index (χ3v) is 4.82. The van der Waals surface area contributed by atoms with Crippen LogP contribution in [0.4, 0.5) is 0 Å². The van der Waals surface area contributed by atoms with Gasteiger partial charge in [-0.15, -0.1) is 11.3 Å². The molecule has 1 atom stereocenters. The van der Waals surface area contributed by atoms with E-state index in [9.17, 15) is 4.79 Å². The Labute approximate surface area is 146 Å². The van der Waals surface area contributed by atoms with Crippen LogP contribution in [0.3, 0.4) is 0 Å². The minimum absolute atomic E-state index is 0.0334. The Morgan fingerprint density at radius 2 is 2.22 bits per heavy atom. The lowest BCUT2D eigenvalue weighted by molar-refractivity contribution is 0.0531. The van der Waals surface area contributed by atoms with Gasteiger partial charge in [0, 0.05) is 12.3 Å². The molecule has 1 rings (SSSR count). The van der Waals surface area contributed by atoms with Crippen molar-refractivity contribution in [2.75, 3.05) is 31.7 Å². The van der Waals surface area contributed by atoms with Gasteiger partial charge in [0.25, 0.3) is 0 Å². The molecular formula is C15H26N4O2S2. The number of rotatable bonds is 8. The summed E-state index contributed by atoms with van der Waals surface area (Å²) in [5.74, 6) is 1.44. The number of hydrogen-bond acceptors (Lipinski definition) is 6. The topological polar surface area (TPSA) is 75.6 Å². The molecule has 0 spiro atoms. The van der Waals surface area contributed by atoms with Gasteiger partial charge in [0.1, 0.15) is 9.88 Å². The maximum Gasteiger partial charge on any atom is 0.350 e. The van der Waals surface area contributed by atoms with Crippen molar-refractivity contribution in [2.45, 2.75) is 33.7 Å². The van der Waals surface area contributed by atoms with Crippen molar-refractivity contribution in [1.82, 2.24) is 15.6 Å². The predicted octanol–water partition coefficient (Wildman–Crippen LogP) is 2.61. The fourth-order valence-electron chi connectivity index (χ4n) is 1.82. The summed E-state index contributed by atoms with van der Waals surface area (Å²) < 4.78 is 5.06. The number of ether oxygens (including phenoxy) is 1. The summed E-state index contributed by atoms with van der Waals surface area (Å²) in [6, 6.07) is -0.0334. The quantitative estimate of drug-likeness (QED) is 0.322. The van der Waals surface area contributed by atoms with Gasteiger partial charge in [-0.3, -0.25) is 4.99 Å². The number of carbonyl (C=O) groups excluding carboxylic acids is 1. The van der Waals surface area contributed by atoms with E-state index in [4.69, 9.17) is 4.74 Å². The zero-order valence-corrected chi connectivity index (χ0v) is 16.1. The van der Waals surface area contributed by atoms with Gasteiger partial charge in [-0.25, -0.2) is 9.78 Å². The molecule has 23 heavy (non-hydrogen) atoms. The van der Waals surface area contributed by atoms with Crippen molar-refractivity contribution in [1.29, 1.82) is 0 Å². The van der Waals surface area contributed by atoms with Crippen molar-refractivity contribution < 1.29 is 9.53 Å². The molecule has 0 aliphatic rings. The predicted molar refractivity (Wildman–Crippen MR) is 98.7 cm³/mol. The Balaban J connectivity index is 2.79. The SMILES string of the molecule is CCNC(=NCCSC)NC(C)c1nc(C)c(C(=O)OCC)s1. The average molecular weight is 359 g/mol. The van der Waals surface area contributed by atoms with Crippen LogP contribution in [-0.2, 0) is 4.74 Å². The van der Waals surface area contributed by atoms with Gasteiger partial charge in [-0.05, 0) is 34.0 Å². The molecule has 2 N–H and O–H groups in total. The van der Waals surface area contributed by atoms with E-state index >= 15 is 0 Å². The first kappa shape index (κ1) is 19.8. The number of thiazole rings is 1. The standard InChI is InChI=1S/C15H26N4O2S2/c1-6-16-15(17-8-9-22-5)19-11(4)13-18-10(3)12(23-13)14(20)21-7-2/h11H,6-9H2,1-5H3,(H2,16,17,19). The number of guanidine groups is 1. The van der Waals surface area contributed by atoms with Gasteiger partial charge in [-0.1, -0.05) is 0 Å². The van der Waals surface area contributed by atoms with Crippen LogP contribution < -0.4 is 10.6 Å². The Morgan fingerprint density at radius 1 is 1.48 bits per heavy atom. The molecule has 130 valence electrons. The van der Waals surface area contributed by atoms with Gasteiger partial charge in [-0.2, -0.15) is 11.8 Å². The number of hydrogen-bond donors (Lipinski definition) is 2. The van der Waals surface area contributed by atoms with Crippen molar-refractivity contribution in [3.63, 3.8) is 0 Å². The number of carbonyl (C=O) groups is 1. The Morgan fingerprint density at radius 3 is 2.83 bits per heavy atom. The highest BCUT2D eigenvalue weighted by molar-refractivity contribution is 7.98. The molecule has 0 radical (unpaired) electrons. The first-order valence-corrected chi connectivity index (χ1v) is 9.92. The number of nitrogens with zero attached hydrogens (tertiary/aromatic N) is 2. The normalized spacial score (nSPS) is 12.8. The fourth-order valence-corrected chi connectivity index (χ4v) is 3.06. The number of aliphatic imine (C=N–C) groups is 1. The number of esters is 1. The molecule has 1 heterocycles. The van der Waals surface area contributed by atoms with Crippen LogP contribution in [0, 0.1) is 6.92 Å². The monoisotopic (exact) mass is 358 g/mol. The van der Waals surface area contributed by atoms with E-state index in [1.807, 2.05) is 20.8 Å². The molecular weight excluding hydrogens is 332 g/mol. The molecule has 0 aliphatic heterocycles. The molecule has 0 aliphatic carbocycles. The molecule has 0 fully saturated rings. The van der Waals surface area contributed by atoms with Crippen molar-refractivity contribution in [3.05, 3.63) is 15.6 Å². The molecule has 0 amide bonds. The molecule has 0 bridgehead atoms. The summed E-state index contributed by atoms with van der Waals surface area (Å²) in [6.45, 7) is 9.59. The van der Waals surface area contributed by atoms with E-state index < -0.39 is 0 Å². The first-order valence-electron chi connectivity index (χ1n) is 7.71. The highest BCUT2D eigenvalue weighted by atomic mass is 32.2. The van der Waals surface area contributed by atoms with Crippen LogP contribution in [0.25, 0.3) is 0 Å². The van der Waals surface area contributed by atoms with Crippen molar-refractivity contribution >= 4 is 35.0 Å². The summed E-state index contributed by atoms with van der Waals surface area (Å²) in [5, 5.41) is 7.40. The smallest absolute Gasteiger partial charge is 0.350 e. The lowest BCUT2D eigenvalue weighted by Crippen LogP contribution is -2.38. The third kappa shape index (κ3) is 6.39. The molecule has 6 nitrogen and oxygen atoms in total. The maximum atomic E-state index is 11.9. The van der Waals surface area contributed by atoms with Crippen molar-refractivity contribution in [3.8, 4) is 0 Å². The minimum Gasteiger partial charge on any atom is -0.462 e. The summed E-state index contributed by atoms with van der Waals surface area (Å²) in [7, 11) is 0. The van der Waals surface area contributed by atoms with Gasteiger partial charge in [0.2, 0.25) is 0 Å². The summed E-state index contributed by atoms with van der Waals surface area (Å²) >= 11 is 3.13. The minimum atomic E-state index is -0.304. The number of thioether (sulfide) groups is 1. The molecule has 0 aromatic carbocycles. The fraction of sp³-hybridized carbons (Fsp3) is 0.667. The van der Waals surface area contributed by atoms with Crippen LogP contribution in [0.2, 0.25) is 0 Å². The molecule has 1 unspecified atom stereocenters. The third-order valence-electron chi connectivity index (χ3n) is 2.91. The van der Waals surface area contributed by atoms with Gasteiger partial charge in [0.15, 0.2) is 5.96 Å². The number of aromatic nitrogens is 1. The number of nitrogens with one attached hydrogen (secondary N) is 2. The summed E-state index contributed by atoms with van der Waals surface area (Å²) in [6.07, 6.45) is 2.06. The second kappa shape index (κ2) is 10.5. The van der Waals surface area contributed by atoms with Crippen LogP contribution in [0.5, 0.6) is 0 Å². The second-order valence-corrected chi connectivity index (χ2v) is 6.82.